The molecule has 2 aromatic carbocycles. The maximum atomic E-state index is 12.3. The highest BCUT2D eigenvalue weighted by molar-refractivity contribution is 6.33. The Bertz CT molecular complexity index is 767. The number of carbonyl (C=O) groups excluding carboxylic acids is 1. The Morgan fingerprint density at radius 1 is 1.25 bits per heavy atom. The van der Waals surface area contributed by atoms with Gasteiger partial charge in [0.2, 0.25) is 5.91 Å². The van der Waals surface area contributed by atoms with Gasteiger partial charge in [-0.1, -0.05) is 23.7 Å². The molecule has 8 heteroatoms. The maximum absolute atomic E-state index is 12.3. The van der Waals surface area contributed by atoms with Crippen molar-refractivity contribution in [2.24, 2.45) is 0 Å². The third-order valence-electron chi connectivity index (χ3n) is 3.29. The number of carbonyl (C=O) groups is 1. The molecule has 0 saturated heterocycles. The molecule has 0 unspecified atom stereocenters. The molecule has 1 atom stereocenters. The van der Waals surface area contributed by atoms with E-state index in [4.69, 9.17) is 16.3 Å². The summed E-state index contributed by atoms with van der Waals surface area (Å²) in [5, 5.41) is 16.6. The van der Waals surface area contributed by atoms with Crippen molar-refractivity contribution < 1.29 is 14.5 Å². The van der Waals surface area contributed by atoms with Crippen molar-refractivity contribution in [3.63, 3.8) is 0 Å². The van der Waals surface area contributed by atoms with E-state index < -0.39 is 11.0 Å². The number of para-hydroxylation sites is 2. The van der Waals surface area contributed by atoms with E-state index in [1.54, 1.807) is 19.1 Å². The van der Waals surface area contributed by atoms with Gasteiger partial charge in [0.1, 0.15) is 11.8 Å². The molecule has 126 valence electrons. The standard InChI is InChI=1S/C16H16ClN3O4/c1-10(18-13-5-3-4-6-15(13)24-2)16(21)19-14-9-11(20(22)23)7-8-12(14)17/h3-10,18H,1-2H3,(H,19,21)/t10-/m1/s1. The number of methoxy groups -OCH3 is 1. The molecule has 2 N–H and O–H groups in total. The Morgan fingerprint density at radius 3 is 2.62 bits per heavy atom. The van der Waals surface area contributed by atoms with Crippen LogP contribution in [0.25, 0.3) is 0 Å². The molecular formula is C16H16ClN3O4. The number of hydrogen-bond donors (Lipinski definition) is 2. The second kappa shape index (κ2) is 7.65. The van der Waals surface area contributed by atoms with Gasteiger partial charge in [-0.05, 0) is 25.1 Å². The number of amides is 1. The average Bonchev–Trinajstić information content (AvgIpc) is 2.57. The first-order valence-electron chi connectivity index (χ1n) is 7.06. The van der Waals surface area contributed by atoms with Gasteiger partial charge in [-0.3, -0.25) is 14.9 Å². The number of nitrogens with one attached hydrogen (secondary N) is 2. The zero-order chi connectivity index (χ0) is 17.7. The molecule has 7 nitrogen and oxygen atoms in total. The Labute approximate surface area is 143 Å². The smallest absolute Gasteiger partial charge is 0.271 e. The Hall–Kier alpha value is -2.80. The Kier molecular flexibility index (Phi) is 5.59. The third-order valence-corrected chi connectivity index (χ3v) is 3.62. The van der Waals surface area contributed by atoms with Gasteiger partial charge in [-0.2, -0.15) is 0 Å². The summed E-state index contributed by atoms with van der Waals surface area (Å²) < 4.78 is 5.22. The van der Waals surface area contributed by atoms with E-state index in [9.17, 15) is 14.9 Å². The van der Waals surface area contributed by atoms with Crippen LogP contribution in [0.3, 0.4) is 0 Å². The van der Waals surface area contributed by atoms with E-state index in [0.717, 1.165) is 0 Å². The molecule has 2 aromatic rings. The van der Waals surface area contributed by atoms with Crippen molar-refractivity contribution in [2.75, 3.05) is 17.7 Å². The monoisotopic (exact) mass is 349 g/mol. The lowest BCUT2D eigenvalue weighted by Crippen LogP contribution is -2.32. The molecule has 0 aromatic heterocycles. The number of non-ortho nitro benzene ring substituents is 1. The molecule has 1 amide bonds. The van der Waals surface area contributed by atoms with Crippen molar-refractivity contribution in [3.05, 3.63) is 57.6 Å². The third kappa shape index (κ3) is 4.14. The lowest BCUT2D eigenvalue weighted by molar-refractivity contribution is -0.384. The van der Waals surface area contributed by atoms with Gasteiger partial charge in [0.25, 0.3) is 5.69 Å². The minimum absolute atomic E-state index is 0.153. The summed E-state index contributed by atoms with van der Waals surface area (Å²) >= 11 is 5.98. The van der Waals surface area contributed by atoms with Crippen LogP contribution in [0, 0.1) is 10.1 Å². The fourth-order valence-corrected chi connectivity index (χ4v) is 2.19. The van der Waals surface area contributed by atoms with Crippen LogP contribution in [0.4, 0.5) is 17.1 Å². The number of ether oxygens (including phenoxy) is 1. The van der Waals surface area contributed by atoms with Crippen LogP contribution < -0.4 is 15.4 Å². The van der Waals surface area contributed by atoms with E-state index in [1.807, 2.05) is 12.1 Å². The first-order chi connectivity index (χ1) is 11.4. The number of nitro groups is 1. The summed E-state index contributed by atoms with van der Waals surface area (Å²) in [6.45, 7) is 1.66. The molecule has 0 aliphatic carbocycles. The van der Waals surface area contributed by atoms with Gasteiger partial charge >= 0.3 is 0 Å². The van der Waals surface area contributed by atoms with E-state index in [0.29, 0.717) is 11.4 Å². The molecule has 2 rings (SSSR count). The average molecular weight is 350 g/mol. The van der Waals surface area contributed by atoms with E-state index >= 15 is 0 Å². The second-order valence-corrected chi connectivity index (χ2v) is 5.38. The molecule has 0 radical (unpaired) electrons. The Morgan fingerprint density at radius 2 is 1.96 bits per heavy atom. The van der Waals surface area contributed by atoms with Gasteiger partial charge in [0, 0.05) is 12.1 Å². The zero-order valence-electron chi connectivity index (χ0n) is 13.1. The molecule has 0 aliphatic rings. The highest BCUT2D eigenvalue weighted by atomic mass is 35.5. The largest absolute Gasteiger partial charge is 0.495 e. The summed E-state index contributed by atoms with van der Waals surface area (Å²) in [4.78, 5) is 22.6. The van der Waals surface area contributed by atoms with Crippen molar-refractivity contribution in [1.29, 1.82) is 0 Å². The van der Waals surface area contributed by atoms with Gasteiger partial charge in [0.15, 0.2) is 0 Å². The van der Waals surface area contributed by atoms with Crippen molar-refractivity contribution in [3.8, 4) is 5.75 Å². The highest BCUT2D eigenvalue weighted by Gasteiger charge is 2.17. The summed E-state index contributed by atoms with van der Waals surface area (Å²) in [6, 6.07) is 10.4. The fraction of sp³-hybridized carbons (Fsp3) is 0.188. The number of anilines is 2. The number of nitro benzene ring substituents is 1. The summed E-state index contributed by atoms with van der Waals surface area (Å²) in [5.74, 6) is 0.217. The quantitative estimate of drug-likeness (QED) is 0.612. The van der Waals surface area contributed by atoms with Crippen LogP contribution in [0.2, 0.25) is 5.02 Å². The Balaban J connectivity index is 2.12. The summed E-state index contributed by atoms with van der Waals surface area (Å²) in [6.07, 6.45) is 0. The van der Waals surface area contributed by atoms with E-state index in [-0.39, 0.29) is 22.3 Å². The normalized spacial score (nSPS) is 11.5. The minimum atomic E-state index is -0.614. The molecule has 0 bridgehead atoms. The van der Waals surface area contributed by atoms with Gasteiger partial charge < -0.3 is 15.4 Å². The molecule has 24 heavy (non-hydrogen) atoms. The predicted octanol–water partition coefficient (Wildman–Crippen LogP) is 3.70. The van der Waals surface area contributed by atoms with Gasteiger partial charge in [-0.25, -0.2) is 0 Å². The van der Waals surface area contributed by atoms with Crippen LogP contribution in [-0.4, -0.2) is 24.0 Å². The first kappa shape index (κ1) is 17.6. The van der Waals surface area contributed by atoms with Crippen LogP contribution in [0.15, 0.2) is 42.5 Å². The van der Waals surface area contributed by atoms with Crippen molar-refractivity contribution in [2.45, 2.75) is 13.0 Å². The fourth-order valence-electron chi connectivity index (χ4n) is 2.03. The lowest BCUT2D eigenvalue weighted by atomic mass is 10.2. The summed E-state index contributed by atoms with van der Waals surface area (Å²) in [5.41, 5.74) is 0.692. The van der Waals surface area contributed by atoms with E-state index in [2.05, 4.69) is 10.6 Å². The maximum Gasteiger partial charge on any atom is 0.271 e. The van der Waals surface area contributed by atoms with Crippen LogP contribution in [0.1, 0.15) is 6.92 Å². The second-order valence-electron chi connectivity index (χ2n) is 4.98. The van der Waals surface area contributed by atoms with Crippen LogP contribution in [-0.2, 0) is 4.79 Å². The number of rotatable bonds is 6. The number of hydrogen-bond acceptors (Lipinski definition) is 5. The van der Waals surface area contributed by atoms with Crippen LogP contribution in [0.5, 0.6) is 5.75 Å². The molecule has 0 fully saturated rings. The SMILES string of the molecule is COc1ccccc1N[C@H](C)C(=O)Nc1cc([N+](=O)[O-])ccc1Cl. The number of nitrogens with zero attached hydrogens (tertiary/aromatic N) is 1. The molecule has 0 saturated carbocycles. The highest BCUT2D eigenvalue weighted by Crippen LogP contribution is 2.27. The van der Waals surface area contributed by atoms with Crippen LogP contribution >= 0.6 is 11.6 Å². The van der Waals surface area contributed by atoms with Gasteiger partial charge in [0.05, 0.1) is 28.4 Å². The number of halogens is 1. The molecule has 0 spiro atoms. The lowest BCUT2D eigenvalue weighted by Gasteiger charge is -2.17. The topological polar surface area (TPSA) is 93.5 Å². The van der Waals surface area contributed by atoms with Gasteiger partial charge in [-0.15, -0.1) is 0 Å². The predicted molar refractivity (Wildman–Crippen MR) is 92.8 cm³/mol. The van der Waals surface area contributed by atoms with Crippen molar-refractivity contribution in [1.82, 2.24) is 0 Å². The first-order valence-corrected chi connectivity index (χ1v) is 7.44. The zero-order valence-corrected chi connectivity index (χ0v) is 13.8. The molecule has 0 heterocycles. The molecule has 0 aliphatic heterocycles. The van der Waals surface area contributed by atoms with Crippen molar-refractivity contribution >= 4 is 34.6 Å². The molecular weight excluding hydrogens is 334 g/mol. The number of benzene rings is 2. The minimum Gasteiger partial charge on any atom is -0.495 e. The summed E-state index contributed by atoms with van der Waals surface area (Å²) in [7, 11) is 1.54. The van der Waals surface area contributed by atoms with E-state index in [1.165, 1.54) is 25.3 Å².